The lowest BCUT2D eigenvalue weighted by Gasteiger charge is -2.16. The minimum absolute atomic E-state index is 0.0437. The van der Waals surface area contributed by atoms with Crippen LogP contribution in [0.15, 0.2) is 6.07 Å². The zero-order valence-electron chi connectivity index (χ0n) is 9.60. The lowest BCUT2D eigenvalue weighted by Crippen LogP contribution is -2.21. The first kappa shape index (κ1) is 12.8. The lowest BCUT2D eigenvalue weighted by molar-refractivity contribution is -0.138. The van der Waals surface area contributed by atoms with Gasteiger partial charge in [0.1, 0.15) is 10.8 Å². The Hall–Kier alpha value is -1.66. The molecule has 0 saturated carbocycles. The number of carboxylic acid groups (broad SMARTS) is 1. The summed E-state index contributed by atoms with van der Waals surface area (Å²) >= 11 is 6.10. The van der Waals surface area contributed by atoms with Crippen molar-refractivity contribution in [3.8, 4) is 17.2 Å². The Kier molecular flexibility index (Phi) is 3.49. The molecule has 0 saturated heterocycles. The van der Waals surface area contributed by atoms with Gasteiger partial charge in [-0.25, -0.2) is 0 Å². The first-order valence-electron chi connectivity index (χ1n) is 5.19. The molecular formula is C11H12ClNO5. The van der Waals surface area contributed by atoms with E-state index in [1.165, 1.54) is 7.11 Å². The number of aliphatic carboxylic acids is 1. The normalized spacial score (nSPS) is 14.4. The van der Waals surface area contributed by atoms with E-state index in [4.69, 9.17) is 36.7 Å². The van der Waals surface area contributed by atoms with Crippen molar-refractivity contribution in [3.05, 3.63) is 16.7 Å². The predicted octanol–water partition coefficient (Wildman–Crippen LogP) is 1.20. The number of nitrogens with two attached hydrogens (primary N) is 1. The van der Waals surface area contributed by atoms with E-state index in [0.717, 1.165) is 0 Å². The highest BCUT2D eigenvalue weighted by molar-refractivity contribution is 6.34. The number of fused-ring (bicyclic) bond motifs is 1. The summed E-state index contributed by atoms with van der Waals surface area (Å²) in [5.41, 5.74) is 5.85. The fourth-order valence-corrected chi connectivity index (χ4v) is 2.16. The minimum atomic E-state index is -1.05. The average molecular weight is 274 g/mol. The lowest BCUT2D eigenvalue weighted by atomic mass is 9.97. The number of benzene rings is 1. The number of hydrogen-bond acceptors (Lipinski definition) is 5. The molecule has 0 fully saturated rings. The number of ether oxygens (including phenoxy) is 3. The molecule has 2 rings (SSSR count). The maximum Gasteiger partial charge on any atom is 0.312 e. The van der Waals surface area contributed by atoms with E-state index in [0.29, 0.717) is 17.1 Å². The van der Waals surface area contributed by atoms with Crippen LogP contribution in [-0.4, -0.2) is 31.5 Å². The largest absolute Gasteiger partial charge is 0.495 e. The van der Waals surface area contributed by atoms with Gasteiger partial charge in [0.25, 0.3) is 0 Å². The topological polar surface area (TPSA) is 91.0 Å². The average Bonchev–Trinajstić information content (AvgIpc) is 2.78. The van der Waals surface area contributed by atoms with Crippen molar-refractivity contribution in [1.29, 1.82) is 0 Å². The van der Waals surface area contributed by atoms with Gasteiger partial charge in [0, 0.05) is 12.1 Å². The molecule has 0 spiro atoms. The van der Waals surface area contributed by atoms with E-state index in [1.54, 1.807) is 6.07 Å². The Balaban J connectivity index is 2.59. The predicted molar refractivity (Wildman–Crippen MR) is 63.6 cm³/mol. The minimum Gasteiger partial charge on any atom is -0.495 e. The molecule has 0 aliphatic carbocycles. The third-order valence-electron chi connectivity index (χ3n) is 2.70. The molecule has 7 heteroatoms. The fraction of sp³-hybridized carbons (Fsp3) is 0.364. The van der Waals surface area contributed by atoms with Crippen LogP contribution in [0.2, 0.25) is 5.02 Å². The summed E-state index contributed by atoms with van der Waals surface area (Å²) in [7, 11) is 1.41. The van der Waals surface area contributed by atoms with Crippen LogP contribution < -0.4 is 19.9 Å². The molecule has 0 radical (unpaired) electrons. The van der Waals surface area contributed by atoms with Gasteiger partial charge in [-0.1, -0.05) is 11.6 Å². The Morgan fingerprint density at radius 1 is 1.67 bits per heavy atom. The van der Waals surface area contributed by atoms with Crippen molar-refractivity contribution in [2.24, 2.45) is 5.73 Å². The second-order valence-corrected chi connectivity index (χ2v) is 4.05. The summed E-state index contributed by atoms with van der Waals surface area (Å²) in [5, 5.41) is 9.33. The summed E-state index contributed by atoms with van der Waals surface area (Å²) in [5.74, 6) is -0.953. The van der Waals surface area contributed by atoms with Crippen LogP contribution in [0, 0.1) is 0 Å². The zero-order valence-corrected chi connectivity index (χ0v) is 10.4. The summed E-state index contributed by atoms with van der Waals surface area (Å²) < 4.78 is 15.5. The van der Waals surface area contributed by atoms with Crippen LogP contribution in [0.1, 0.15) is 11.5 Å². The first-order chi connectivity index (χ1) is 8.60. The third kappa shape index (κ3) is 1.93. The highest BCUT2D eigenvalue weighted by Crippen LogP contribution is 2.48. The number of hydrogen-bond donors (Lipinski definition) is 2. The highest BCUT2D eigenvalue weighted by atomic mass is 35.5. The number of carboxylic acids is 1. The Bertz CT molecular complexity index is 491. The quantitative estimate of drug-likeness (QED) is 0.857. The second-order valence-electron chi connectivity index (χ2n) is 3.67. The number of methoxy groups -OCH3 is 1. The van der Waals surface area contributed by atoms with Crippen molar-refractivity contribution >= 4 is 17.6 Å². The van der Waals surface area contributed by atoms with E-state index in [2.05, 4.69) is 0 Å². The molecule has 0 amide bonds. The summed E-state index contributed by atoms with van der Waals surface area (Å²) in [6, 6.07) is 1.54. The molecule has 1 unspecified atom stereocenters. The summed E-state index contributed by atoms with van der Waals surface area (Å²) in [4.78, 5) is 11.2. The molecule has 6 nitrogen and oxygen atoms in total. The molecule has 1 aromatic carbocycles. The fourth-order valence-electron chi connectivity index (χ4n) is 1.83. The molecule has 98 valence electrons. The van der Waals surface area contributed by atoms with Crippen LogP contribution in [0.25, 0.3) is 0 Å². The van der Waals surface area contributed by atoms with Gasteiger partial charge >= 0.3 is 5.97 Å². The number of carbonyl (C=O) groups is 1. The first-order valence-corrected chi connectivity index (χ1v) is 5.56. The molecule has 0 bridgehead atoms. The molecule has 1 aromatic rings. The molecule has 1 heterocycles. The standard InChI is InChI=1S/C11H12ClNO5/c1-16-9-5(6(3-13)11(14)15)2-7-10(8(9)12)18-4-17-7/h2,6H,3-4,13H2,1H3,(H,14,15). The van der Waals surface area contributed by atoms with E-state index in [1.807, 2.05) is 0 Å². The smallest absolute Gasteiger partial charge is 0.312 e. The van der Waals surface area contributed by atoms with E-state index >= 15 is 0 Å². The van der Waals surface area contributed by atoms with Gasteiger partial charge < -0.3 is 25.1 Å². The van der Waals surface area contributed by atoms with E-state index in [-0.39, 0.29) is 24.1 Å². The molecule has 18 heavy (non-hydrogen) atoms. The van der Waals surface area contributed by atoms with Gasteiger partial charge in [-0.15, -0.1) is 0 Å². The monoisotopic (exact) mass is 273 g/mol. The molecule has 1 atom stereocenters. The van der Waals surface area contributed by atoms with Gasteiger partial charge in [-0.05, 0) is 6.07 Å². The highest BCUT2D eigenvalue weighted by Gasteiger charge is 2.30. The third-order valence-corrected chi connectivity index (χ3v) is 3.05. The van der Waals surface area contributed by atoms with Crippen molar-refractivity contribution in [2.75, 3.05) is 20.4 Å². The maximum atomic E-state index is 11.2. The molecule has 3 N–H and O–H groups in total. The Labute approximate surface area is 108 Å². The van der Waals surface area contributed by atoms with Gasteiger partial charge in [0.05, 0.1) is 13.0 Å². The Morgan fingerprint density at radius 2 is 2.39 bits per heavy atom. The van der Waals surface area contributed by atoms with Crippen molar-refractivity contribution in [3.63, 3.8) is 0 Å². The number of halogens is 1. The summed E-state index contributed by atoms with van der Waals surface area (Å²) in [6.45, 7) is -0.0241. The Morgan fingerprint density at radius 3 is 2.94 bits per heavy atom. The van der Waals surface area contributed by atoms with E-state index < -0.39 is 11.9 Å². The van der Waals surface area contributed by atoms with E-state index in [9.17, 15) is 4.79 Å². The number of rotatable bonds is 4. The van der Waals surface area contributed by atoms with Gasteiger partial charge in [-0.2, -0.15) is 0 Å². The van der Waals surface area contributed by atoms with Crippen LogP contribution in [-0.2, 0) is 4.79 Å². The summed E-state index contributed by atoms with van der Waals surface area (Å²) in [6.07, 6.45) is 0. The molecule has 0 aromatic heterocycles. The maximum absolute atomic E-state index is 11.2. The van der Waals surface area contributed by atoms with Gasteiger partial charge in [-0.3, -0.25) is 4.79 Å². The van der Waals surface area contributed by atoms with Crippen molar-refractivity contribution < 1.29 is 24.1 Å². The van der Waals surface area contributed by atoms with Gasteiger partial charge in [0.15, 0.2) is 11.5 Å². The zero-order chi connectivity index (χ0) is 13.3. The molecular weight excluding hydrogens is 262 g/mol. The van der Waals surface area contributed by atoms with Crippen molar-refractivity contribution in [1.82, 2.24) is 0 Å². The second kappa shape index (κ2) is 4.91. The van der Waals surface area contributed by atoms with Crippen LogP contribution in [0.3, 0.4) is 0 Å². The van der Waals surface area contributed by atoms with Crippen LogP contribution in [0.4, 0.5) is 0 Å². The van der Waals surface area contributed by atoms with Crippen LogP contribution in [0.5, 0.6) is 17.2 Å². The van der Waals surface area contributed by atoms with Crippen molar-refractivity contribution in [2.45, 2.75) is 5.92 Å². The van der Waals surface area contributed by atoms with Gasteiger partial charge in [0.2, 0.25) is 6.79 Å². The van der Waals surface area contributed by atoms with Crippen LogP contribution >= 0.6 is 11.6 Å². The molecule has 1 aliphatic heterocycles. The molecule has 1 aliphatic rings. The SMILES string of the molecule is COc1c(C(CN)C(=O)O)cc2c(c1Cl)OCO2.